The van der Waals surface area contributed by atoms with Crippen molar-refractivity contribution >= 4 is 11.9 Å². The van der Waals surface area contributed by atoms with Crippen LogP contribution >= 0.6 is 0 Å². The Morgan fingerprint density at radius 1 is 1.12 bits per heavy atom. The molecule has 0 unspecified atom stereocenters. The van der Waals surface area contributed by atoms with Crippen LogP contribution in [0.15, 0.2) is 59.0 Å². The van der Waals surface area contributed by atoms with E-state index in [2.05, 4.69) is 15.5 Å². The number of benzene rings is 2. The molecule has 24 heavy (non-hydrogen) atoms. The van der Waals surface area contributed by atoms with E-state index < -0.39 is 5.82 Å². The molecule has 1 N–H and O–H groups in total. The van der Waals surface area contributed by atoms with Gasteiger partial charge < -0.3 is 9.15 Å². The molecule has 0 aliphatic rings. The van der Waals surface area contributed by atoms with E-state index in [1.165, 1.54) is 18.2 Å². The number of anilines is 1. The first-order valence-corrected chi connectivity index (χ1v) is 7.28. The van der Waals surface area contributed by atoms with Crippen LogP contribution in [0.2, 0.25) is 0 Å². The van der Waals surface area contributed by atoms with Crippen LogP contribution in [-0.2, 0) is 4.79 Å². The molecule has 0 aliphatic heterocycles. The molecule has 1 aromatic heterocycles. The van der Waals surface area contributed by atoms with Crippen LogP contribution in [0.25, 0.3) is 11.5 Å². The summed E-state index contributed by atoms with van der Waals surface area (Å²) < 4.78 is 23.9. The summed E-state index contributed by atoms with van der Waals surface area (Å²) in [4.78, 5) is 11.8. The van der Waals surface area contributed by atoms with Gasteiger partial charge in [0.05, 0.1) is 13.0 Å². The van der Waals surface area contributed by atoms with Crippen LogP contribution < -0.4 is 10.1 Å². The number of nitrogens with zero attached hydrogens (tertiary/aromatic N) is 2. The number of para-hydroxylation sites is 1. The van der Waals surface area contributed by atoms with Crippen LogP contribution in [0.1, 0.15) is 6.42 Å². The number of ether oxygens (including phenoxy) is 1. The lowest BCUT2D eigenvalue weighted by Crippen LogP contribution is -2.15. The fourth-order valence-electron chi connectivity index (χ4n) is 1.97. The molecule has 3 rings (SSSR count). The SMILES string of the molecule is O=C(CCOc1ccccc1)Nc1nnc(-c2cccc(F)c2)o1. The van der Waals surface area contributed by atoms with Crippen molar-refractivity contribution < 1.29 is 18.3 Å². The first-order valence-electron chi connectivity index (χ1n) is 7.28. The molecule has 1 amide bonds. The number of hydrogen-bond acceptors (Lipinski definition) is 5. The summed E-state index contributed by atoms with van der Waals surface area (Å²) in [6.07, 6.45) is 0.132. The van der Waals surface area contributed by atoms with Crippen molar-refractivity contribution in [3.05, 3.63) is 60.4 Å². The maximum absolute atomic E-state index is 13.2. The highest BCUT2D eigenvalue weighted by molar-refractivity contribution is 5.88. The third-order valence-corrected chi connectivity index (χ3v) is 3.08. The number of aromatic nitrogens is 2. The molecule has 7 heteroatoms. The van der Waals surface area contributed by atoms with Crippen molar-refractivity contribution in [2.24, 2.45) is 0 Å². The zero-order valence-corrected chi connectivity index (χ0v) is 12.6. The molecule has 2 aromatic carbocycles. The maximum atomic E-state index is 13.2. The van der Waals surface area contributed by atoms with Gasteiger partial charge in [-0.2, -0.15) is 0 Å². The number of rotatable bonds is 6. The minimum Gasteiger partial charge on any atom is -0.493 e. The predicted molar refractivity (Wildman–Crippen MR) is 84.9 cm³/mol. The predicted octanol–water partition coefficient (Wildman–Crippen LogP) is 3.28. The van der Waals surface area contributed by atoms with Crippen molar-refractivity contribution in [2.45, 2.75) is 6.42 Å². The summed E-state index contributed by atoms with van der Waals surface area (Å²) in [6, 6.07) is 14.9. The summed E-state index contributed by atoms with van der Waals surface area (Å²) in [7, 11) is 0. The molecular weight excluding hydrogens is 313 g/mol. The Kier molecular flexibility index (Phi) is 4.81. The smallest absolute Gasteiger partial charge is 0.322 e. The van der Waals surface area contributed by atoms with Crippen LogP contribution in [0.5, 0.6) is 5.75 Å². The lowest BCUT2D eigenvalue weighted by atomic mass is 10.2. The zero-order valence-electron chi connectivity index (χ0n) is 12.6. The average Bonchev–Trinajstić information content (AvgIpc) is 3.04. The van der Waals surface area contributed by atoms with E-state index in [0.29, 0.717) is 11.3 Å². The Hall–Kier alpha value is -3.22. The van der Waals surface area contributed by atoms with E-state index in [1.807, 2.05) is 18.2 Å². The Balaban J connectivity index is 1.52. The van der Waals surface area contributed by atoms with Crippen molar-refractivity contribution in [1.82, 2.24) is 10.2 Å². The molecule has 0 radical (unpaired) electrons. The molecule has 0 fully saturated rings. The van der Waals surface area contributed by atoms with Gasteiger partial charge in [0.25, 0.3) is 0 Å². The van der Waals surface area contributed by atoms with Crippen LogP contribution in [-0.4, -0.2) is 22.7 Å². The molecular formula is C17H14FN3O3. The Morgan fingerprint density at radius 3 is 2.75 bits per heavy atom. The molecule has 1 heterocycles. The van der Waals surface area contributed by atoms with Crippen LogP contribution in [0.4, 0.5) is 10.4 Å². The van der Waals surface area contributed by atoms with Gasteiger partial charge in [-0.25, -0.2) is 4.39 Å². The second-order valence-electron chi connectivity index (χ2n) is 4.88. The van der Waals surface area contributed by atoms with Gasteiger partial charge in [-0.05, 0) is 30.3 Å². The lowest BCUT2D eigenvalue weighted by molar-refractivity contribution is -0.116. The molecule has 0 spiro atoms. The molecule has 0 saturated carbocycles. The molecule has 122 valence electrons. The first-order chi connectivity index (χ1) is 11.7. The quantitative estimate of drug-likeness (QED) is 0.752. The Morgan fingerprint density at radius 2 is 1.96 bits per heavy atom. The number of carbonyl (C=O) groups is 1. The molecule has 0 bridgehead atoms. The van der Waals surface area contributed by atoms with E-state index in [0.717, 1.165) is 0 Å². The van der Waals surface area contributed by atoms with E-state index in [1.54, 1.807) is 18.2 Å². The van der Waals surface area contributed by atoms with Crippen molar-refractivity contribution in [2.75, 3.05) is 11.9 Å². The summed E-state index contributed by atoms with van der Waals surface area (Å²) in [5, 5.41) is 9.98. The van der Waals surface area contributed by atoms with E-state index in [4.69, 9.17) is 9.15 Å². The van der Waals surface area contributed by atoms with Gasteiger partial charge in [0.1, 0.15) is 11.6 Å². The Labute approximate surface area is 137 Å². The monoisotopic (exact) mass is 327 g/mol. The van der Waals surface area contributed by atoms with Gasteiger partial charge in [0, 0.05) is 5.56 Å². The highest BCUT2D eigenvalue weighted by Crippen LogP contribution is 2.20. The van der Waals surface area contributed by atoms with Gasteiger partial charge in [0.2, 0.25) is 11.8 Å². The molecule has 3 aromatic rings. The fraction of sp³-hybridized carbons (Fsp3) is 0.118. The fourth-order valence-corrected chi connectivity index (χ4v) is 1.97. The molecule has 0 atom stereocenters. The van der Waals surface area contributed by atoms with Gasteiger partial charge >= 0.3 is 6.01 Å². The summed E-state index contributed by atoms with van der Waals surface area (Å²) >= 11 is 0. The average molecular weight is 327 g/mol. The molecule has 0 aliphatic carbocycles. The summed E-state index contributed by atoms with van der Waals surface area (Å²) in [6.45, 7) is 0.223. The topological polar surface area (TPSA) is 77.2 Å². The third-order valence-electron chi connectivity index (χ3n) is 3.08. The van der Waals surface area contributed by atoms with E-state index >= 15 is 0 Å². The second kappa shape index (κ2) is 7.36. The number of halogens is 1. The maximum Gasteiger partial charge on any atom is 0.322 e. The van der Waals surface area contributed by atoms with Gasteiger partial charge in [-0.15, -0.1) is 5.10 Å². The van der Waals surface area contributed by atoms with Crippen LogP contribution in [0, 0.1) is 5.82 Å². The second-order valence-corrected chi connectivity index (χ2v) is 4.88. The van der Waals surface area contributed by atoms with Gasteiger partial charge in [0.15, 0.2) is 0 Å². The molecule has 6 nitrogen and oxygen atoms in total. The van der Waals surface area contributed by atoms with Crippen molar-refractivity contribution in [3.63, 3.8) is 0 Å². The van der Waals surface area contributed by atoms with Crippen molar-refractivity contribution in [3.8, 4) is 17.2 Å². The van der Waals surface area contributed by atoms with E-state index in [9.17, 15) is 9.18 Å². The lowest BCUT2D eigenvalue weighted by Gasteiger charge is -2.04. The summed E-state index contributed by atoms with van der Waals surface area (Å²) in [5.41, 5.74) is 0.440. The minimum atomic E-state index is -0.408. The molecule has 0 saturated heterocycles. The normalized spacial score (nSPS) is 10.4. The summed E-state index contributed by atoms with van der Waals surface area (Å²) in [5.74, 6) is 0.0940. The van der Waals surface area contributed by atoms with Crippen molar-refractivity contribution in [1.29, 1.82) is 0 Å². The number of carbonyl (C=O) groups excluding carboxylic acids is 1. The van der Waals surface area contributed by atoms with Crippen LogP contribution in [0.3, 0.4) is 0 Å². The first kappa shape index (κ1) is 15.7. The highest BCUT2D eigenvalue weighted by atomic mass is 19.1. The van der Waals surface area contributed by atoms with Gasteiger partial charge in [-0.1, -0.05) is 29.4 Å². The minimum absolute atomic E-state index is 0.0426. The largest absolute Gasteiger partial charge is 0.493 e. The number of nitrogens with one attached hydrogen (secondary N) is 1. The standard InChI is InChI=1S/C17H14FN3O3/c18-13-6-4-5-12(11-13)16-20-21-17(24-16)19-15(22)9-10-23-14-7-2-1-3-8-14/h1-8,11H,9-10H2,(H,19,21,22). The van der Waals surface area contributed by atoms with E-state index in [-0.39, 0.29) is 30.8 Å². The van der Waals surface area contributed by atoms with Gasteiger partial charge in [-0.3, -0.25) is 10.1 Å². The zero-order chi connectivity index (χ0) is 16.8. The third kappa shape index (κ3) is 4.16. The number of amides is 1. The Bertz CT molecular complexity index is 821. The highest BCUT2D eigenvalue weighted by Gasteiger charge is 2.12. The number of hydrogen-bond donors (Lipinski definition) is 1.